The Morgan fingerprint density at radius 3 is 2.31 bits per heavy atom. The van der Waals surface area contributed by atoms with Crippen molar-refractivity contribution in [1.29, 1.82) is 0 Å². The molecule has 1 N–H and O–H groups in total. The second-order valence-corrected chi connectivity index (χ2v) is 5.51. The molecule has 0 saturated carbocycles. The van der Waals surface area contributed by atoms with Crippen LogP contribution in [0.3, 0.4) is 0 Å². The Morgan fingerprint density at radius 2 is 1.62 bits per heavy atom. The number of hydrogen-bond donors (Lipinski definition) is 1. The van der Waals surface area contributed by atoms with Crippen molar-refractivity contribution in [2.75, 3.05) is 12.4 Å². The molecule has 0 spiro atoms. The molecular weight excluding hydrogens is 332 g/mol. The second kappa shape index (κ2) is 7.48. The predicted octanol–water partition coefficient (Wildman–Crippen LogP) is 4.58. The first kappa shape index (κ1) is 17.2. The maximum Gasteiger partial charge on any atom is 0.292 e. The molecule has 130 valence electrons. The number of hydrogen-bond acceptors (Lipinski definition) is 5. The van der Waals surface area contributed by atoms with Crippen LogP contribution < -0.4 is 10.1 Å². The standard InChI is InChI=1S/C20H16N2O4/c1-26-19-9-5-2-6-16(19)20(23)14-10-12-15(13-11-14)21-17-7-3-4-8-18(17)22(24)25/h2-13,21H,1H3. The van der Waals surface area contributed by atoms with E-state index in [2.05, 4.69) is 5.32 Å². The van der Waals surface area contributed by atoms with Gasteiger partial charge in [-0.1, -0.05) is 24.3 Å². The normalized spacial score (nSPS) is 10.2. The highest BCUT2D eigenvalue weighted by molar-refractivity contribution is 6.10. The van der Waals surface area contributed by atoms with Gasteiger partial charge in [-0.3, -0.25) is 14.9 Å². The largest absolute Gasteiger partial charge is 0.496 e. The van der Waals surface area contributed by atoms with Crippen molar-refractivity contribution >= 4 is 22.8 Å². The average molecular weight is 348 g/mol. The smallest absolute Gasteiger partial charge is 0.292 e. The van der Waals surface area contributed by atoms with Crippen molar-refractivity contribution in [2.45, 2.75) is 0 Å². The van der Waals surface area contributed by atoms with E-state index in [0.717, 1.165) is 0 Å². The number of nitro benzene ring substituents is 1. The van der Waals surface area contributed by atoms with Crippen LogP contribution in [0.25, 0.3) is 0 Å². The van der Waals surface area contributed by atoms with Crippen LogP contribution in [0.5, 0.6) is 5.75 Å². The molecule has 0 unspecified atom stereocenters. The summed E-state index contributed by atoms with van der Waals surface area (Å²) in [4.78, 5) is 23.3. The summed E-state index contributed by atoms with van der Waals surface area (Å²) in [5, 5.41) is 14.1. The summed E-state index contributed by atoms with van der Waals surface area (Å²) < 4.78 is 5.23. The molecule has 0 aromatic heterocycles. The molecule has 0 aliphatic carbocycles. The monoisotopic (exact) mass is 348 g/mol. The molecule has 0 saturated heterocycles. The van der Waals surface area contributed by atoms with Crippen LogP contribution in [-0.2, 0) is 0 Å². The number of para-hydroxylation sites is 3. The number of carbonyl (C=O) groups is 1. The fourth-order valence-corrected chi connectivity index (χ4v) is 2.59. The van der Waals surface area contributed by atoms with E-state index in [0.29, 0.717) is 28.3 Å². The number of nitro groups is 1. The van der Waals surface area contributed by atoms with Gasteiger partial charge in [0.05, 0.1) is 17.6 Å². The number of methoxy groups -OCH3 is 1. The van der Waals surface area contributed by atoms with Gasteiger partial charge in [-0.2, -0.15) is 0 Å². The molecule has 6 nitrogen and oxygen atoms in total. The van der Waals surface area contributed by atoms with Crippen molar-refractivity contribution in [3.8, 4) is 5.75 Å². The minimum atomic E-state index is -0.443. The molecular formula is C20H16N2O4. The minimum absolute atomic E-state index is 0.0123. The van der Waals surface area contributed by atoms with Gasteiger partial charge in [0.2, 0.25) is 0 Å². The first-order valence-electron chi connectivity index (χ1n) is 7.88. The fourth-order valence-electron chi connectivity index (χ4n) is 2.59. The summed E-state index contributed by atoms with van der Waals surface area (Å²) in [5.74, 6) is 0.360. The van der Waals surface area contributed by atoms with Crippen LogP contribution in [0.1, 0.15) is 15.9 Å². The van der Waals surface area contributed by atoms with Crippen LogP contribution in [0.2, 0.25) is 0 Å². The lowest BCUT2D eigenvalue weighted by Gasteiger charge is -2.09. The van der Waals surface area contributed by atoms with Gasteiger partial charge in [-0.25, -0.2) is 0 Å². The van der Waals surface area contributed by atoms with E-state index in [9.17, 15) is 14.9 Å². The van der Waals surface area contributed by atoms with E-state index in [-0.39, 0.29) is 11.5 Å². The zero-order chi connectivity index (χ0) is 18.5. The molecule has 0 radical (unpaired) electrons. The molecule has 26 heavy (non-hydrogen) atoms. The Kier molecular flexibility index (Phi) is 4.94. The third kappa shape index (κ3) is 3.54. The number of nitrogens with zero attached hydrogens (tertiary/aromatic N) is 1. The first-order valence-corrected chi connectivity index (χ1v) is 7.88. The van der Waals surface area contributed by atoms with Crippen LogP contribution in [-0.4, -0.2) is 17.8 Å². The number of ether oxygens (including phenoxy) is 1. The van der Waals surface area contributed by atoms with Crippen molar-refractivity contribution in [1.82, 2.24) is 0 Å². The zero-order valence-electron chi connectivity index (χ0n) is 14.0. The highest BCUT2D eigenvalue weighted by Crippen LogP contribution is 2.28. The second-order valence-electron chi connectivity index (χ2n) is 5.51. The molecule has 3 rings (SSSR count). The highest BCUT2D eigenvalue weighted by atomic mass is 16.6. The Labute approximate surface area is 150 Å². The van der Waals surface area contributed by atoms with Crippen molar-refractivity contribution in [2.24, 2.45) is 0 Å². The highest BCUT2D eigenvalue weighted by Gasteiger charge is 2.15. The van der Waals surface area contributed by atoms with E-state index in [1.807, 2.05) is 0 Å². The summed E-state index contributed by atoms with van der Waals surface area (Å²) in [6.45, 7) is 0. The molecule has 3 aromatic rings. The van der Waals surface area contributed by atoms with Crippen molar-refractivity contribution < 1.29 is 14.5 Å². The number of benzene rings is 3. The summed E-state index contributed by atoms with van der Waals surface area (Å²) in [7, 11) is 1.52. The zero-order valence-corrected chi connectivity index (χ0v) is 14.0. The number of nitrogens with one attached hydrogen (secondary N) is 1. The summed E-state index contributed by atoms with van der Waals surface area (Å²) >= 11 is 0. The molecule has 0 bridgehead atoms. The molecule has 0 amide bonds. The minimum Gasteiger partial charge on any atom is -0.496 e. The van der Waals surface area contributed by atoms with Crippen LogP contribution in [0, 0.1) is 10.1 Å². The Bertz CT molecular complexity index is 952. The first-order chi connectivity index (χ1) is 12.6. The van der Waals surface area contributed by atoms with Gasteiger partial charge in [0, 0.05) is 17.3 Å². The molecule has 0 aliphatic heterocycles. The number of anilines is 2. The van der Waals surface area contributed by atoms with Gasteiger partial charge in [0.15, 0.2) is 5.78 Å². The summed E-state index contributed by atoms with van der Waals surface area (Å²) in [6, 6.07) is 20.2. The van der Waals surface area contributed by atoms with Gasteiger partial charge >= 0.3 is 0 Å². The molecule has 3 aromatic carbocycles. The molecule has 6 heteroatoms. The van der Waals surface area contributed by atoms with E-state index in [4.69, 9.17) is 4.74 Å². The number of rotatable bonds is 6. The summed E-state index contributed by atoms with van der Waals surface area (Å²) in [5.41, 5.74) is 2.01. The lowest BCUT2D eigenvalue weighted by molar-refractivity contribution is -0.383. The van der Waals surface area contributed by atoms with Gasteiger partial charge < -0.3 is 10.1 Å². The van der Waals surface area contributed by atoms with E-state index >= 15 is 0 Å². The van der Waals surface area contributed by atoms with Crippen LogP contribution in [0.15, 0.2) is 72.8 Å². The number of carbonyl (C=O) groups excluding carboxylic acids is 1. The lowest BCUT2D eigenvalue weighted by Crippen LogP contribution is -2.04. The Balaban J connectivity index is 1.83. The van der Waals surface area contributed by atoms with Crippen LogP contribution >= 0.6 is 0 Å². The molecule has 0 aliphatic rings. The Morgan fingerprint density at radius 1 is 0.962 bits per heavy atom. The van der Waals surface area contributed by atoms with E-state index in [1.54, 1.807) is 66.7 Å². The van der Waals surface area contributed by atoms with E-state index in [1.165, 1.54) is 13.2 Å². The predicted molar refractivity (Wildman–Crippen MR) is 99.2 cm³/mol. The van der Waals surface area contributed by atoms with Gasteiger partial charge in [-0.05, 0) is 42.5 Å². The van der Waals surface area contributed by atoms with E-state index < -0.39 is 4.92 Å². The molecule has 0 atom stereocenters. The number of ketones is 1. The average Bonchev–Trinajstić information content (AvgIpc) is 2.68. The van der Waals surface area contributed by atoms with Crippen LogP contribution in [0.4, 0.5) is 17.1 Å². The van der Waals surface area contributed by atoms with Gasteiger partial charge in [0.1, 0.15) is 11.4 Å². The van der Waals surface area contributed by atoms with Crippen molar-refractivity contribution in [3.05, 3.63) is 94.0 Å². The van der Waals surface area contributed by atoms with Crippen molar-refractivity contribution in [3.63, 3.8) is 0 Å². The third-order valence-corrected chi connectivity index (χ3v) is 3.88. The fraction of sp³-hybridized carbons (Fsp3) is 0.0500. The summed E-state index contributed by atoms with van der Waals surface area (Å²) in [6.07, 6.45) is 0. The van der Waals surface area contributed by atoms with Gasteiger partial charge in [-0.15, -0.1) is 0 Å². The maximum absolute atomic E-state index is 12.6. The topological polar surface area (TPSA) is 81.5 Å². The molecule has 0 fully saturated rings. The molecule has 0 heterocycles. The van der Waals surface area contributed by atoms with Gasteiger partial charge in [0.25, 0.3) is 5.69 Å². The SMILES string of the molecule is COc1ccccc1C(=O)c1ccc(Nc2ccccc2[N+](=O)[O-])cc1. The Hall–Kier alpha value is -3.67. The third-order valence-electron chi connectivity index (χ3n) is 3.88. The quantitative estimate of drug-likeness (QED) is 0.401. The maximum atomic E-state index is 12.6. The lowest BCUT2D eigenvalue weighted by atomic mass is 10.0.